The van der Waals surface area contributed by atoms with E-state index in [2.05, 4.69) is 40.1 Å². The summed E-state index contributed by atoms with van der Waals surface area (Å²) in [5.74, 6) is 0. The van der Waals surface area contributed by atoms with Crippen LogP contribution in [0.3, 0.4) is 0 Å². The number of hydrogen-bond donors (Lipinski definition) is 1. The van der Waals surface area contributed by atoms with Crippen molar-refractivity contribution in [1.82, 2.24) is 14.9 Å². The molecule has 2 aromatic rings. The van der Waals surface area contributed by atoms with Crippen LogP contribution in [0.25, 0.3) is 10.6 Å². The zero-order valence-electron chi connectivity index (χ0n) is 10.0. The van der Waals surface area contributed by atoms with Gasteiger partial charge in [-0.3, -0.25) is 0 Å². The molecule has 1 aliphatic rings. The second-order valence-electron chi connectivity index (χ2n) is 4.54. The Balaban J connectivity index is 1.93. The van der Waals surface area contributed by atoms with Crippen LogP contribution in [0, 0.1) is 6.92 Å². The number of aryl methyl sites for hydroxylation is 1. The molecule has 90 valence electrons. The van der Waals surface area contributed by atoms with E-state index in [-0.39, 0.29) is 0 Å². The van der Waals surface area contributed by atoms with Crippen LogP contribution >= 0.6 is 11.3 Å². The van der Waals surface area contributed by atoms with Crippen molar-refractivity contribution in [2.45, 2.75) is 25.8 Å². The van der Waals surface area contributed by atoms with E-state index in [1.54, 1.807) is 11.3 Å². The number of nitrogens with zero attached hydrogens (tertiary/aromatic N) is 2. The molecular weight excluding hydrogens is 230 g/mol. The Morgan fingerprint density at radius 3 is 3.18 bits per heavy atom. The second kappa shape index (κ2) is 4.63. The van der Waals surface area contributed by atoms with E-state index in [0.717, 1.165) is 18.1 Å². The maximum atomic E-state index is 4.35. The van der Waals surface area contributed by atoms with Gasteiger partial charge in [0.25, 0.3) is 0 Å². The number of thiazole rings is 1. The summed E-state index contributed by atoms with van der Waals surface area (Å²) in [4.78, 5) is 5.62. The molecule has 1 N–H and O–H groups in total. The molecule has 0 bridgehead atoms. The average molecular weight is 247 g/mol. The van der Waals surface area contributed by atoms with Crippen molar-refractivity contribution in [2.24, 2.45) is 0 Å². The summed E-state index contributed by atoms with van der Waals surface area (Å²) in [7, 11) is 0. The Labute approximate surface area is 106 Å². The zero-order valence-corrected chi connectivity index (χ0v) is 10.8. The quantitative estimate of drug-likeness (QED) is 0.884. The van der Waals surface area contributed by atoms with Crippen LogP contribution in [-0.4, -0.2) is 22.6 Å². The van der Waals surface area contributed by atoms with E-state index in [1.165, 1.54) is 23.4 Å². The van der Waals surface area contributed by atoms with Crippen LogP contribution in [0.1, 0.15) is 23.9 Å². The summed E-state index contributed by atoms with van der Waals surface area (Å²) in [5.41, 5.74) is 1.31. The molecule has 0 amide bonds. The summed E-state index contributed by atoms with van der Waals surface area (Å²) in [5, 5.41) is 4.61. The lowest BCUT2D eigenvalue weighted by Gasteiger charge is -2.26. The van der Waals surface area contributed by atoms with Gasteiger partial charge in [0.2, 0.25) is 0 Å². The molecule has 3 rings (SSSR count). The van der Waals surface area contributed by atoms with Crippen molar-refractivity contribution < 1.29 is 0 Å². The first-order chi connectivity index (χ1) is 8.34. The highest BCUT2D eigenvalue weighted by Crippen LogP contribution is 2.30. The Morgan fingerprint density at radius 1 is 1.53 bits per heavy atom. The third kappa shape index (κ3) is 2.15. The van der Waals surface area contributed by atoms with E-state index in [0.29, 0.717) is 6.04 Å². The average Bonchev–Trinajstić information content (AvgIpc) is 2.98. The Morgan fingerprint density at radius 2 is 2.47 bits per heavy atom. The van der Waals surface area contributed by atoms with Crippen LogP contribution in [0.15, 0.2) is 24.5 Å². The minimum atomic E-state index is 0.594. The van der Waals surface area contributed by atoms with Crippen molar-refractivity contribution in [1.29, 1.82) is 0 Å². The van der Waals surface area contributed by atoms with Gasteiger partial charge in [0, 0.05) is 25.0 Å². The van der Waals surface area contributed by atoms with E-state index in [1.807, 2.05) is 6.20 Å². The highest BCUT2D eigenvalue weighted by atomic mass is 32.1. The summed E-state index contributed by atoms with van der Waals surface area (Å²) >= 11 is 1.77. The Bertz CT molecular complexity index is 494. The molecule has 17 heavy (non-hydrogen) atoms. The minimum absolute atomic E-state index is 0.594. The van der Waals surface area contributed by atoms with Crippen LogP contribution in [0.2, 0.25) is 0 Å². The molecule has 1 fully saturated rings. The Kier molecular flexibility index (Phi) is 2.99. The van der Waals surface area contributed by atoms with Gasteiger partial charge in [-0.15, -0.1) is 11.3 Å². The fourth-order valence-corrected chi connectivity index (χ4v) is 3.28. The van der Waals surface area contributed by atoms with Gasteiger partial charge in [0.15, 0.2) is 0 Å². The fourth-order valence-electron chi connectivity index (χ4n) is 2.47. The van der Waals surface area contributed by atoms with Crippen LogP contribution < -0.4 is 5.32 Å². The van der Waals surface area contributed by atoms with Crippen LogP contribution in [-0.2, 0) is 0 Å². The van der Waals surface area contributed by atoms with Gasteiger partial charge in [-0.05, 0) is 38.4 Å². The predicted molar refractivity (Wildman–Crippen MR) is 71.4 cm³/mol. The third-order valence-electron chi connectivity index (χ3n) is 3.32. The molecule has 0 spiro atoms. The molecule has 0 unspecified atom stereocenters. The van der Waals surface area contributed by atoms with E-state index in [9.17, 15) is 0 Å². The molecule has 0 saturated carbocycles. The molecule has 0 radical (unpaired) electrons. The molecule has 2 aromatic heterocycles. The molecular formula is C13H17N3S. The van der Waals surface area contributed by atoms with Gasteiger partial charge < -0.3 is 9.88 Å². The maximum Gasteiger partial charge on any atom is 0.0901 e. The first-order valence-corrected chi connectivity index (χ1v) is 6.96. The molecule has 0 aromatic carbocycles. The van der Waals surface area contributed by atoms with Crippen LogP contribution in [0.4, 0.5) is 0 Å². The smallest absolute Gasteiger partial charge is 0.0901 e. The first-order valence-electron chi connectivity index (χ1n) is 6.15. The molecule has 1 atom stereocenters. The van der Waals surface area contributed by atoms with Gasteiger partial charge in [-0.2, -0.15) is 0 Å². The summed E-state index contributed by atoms with van der Waals surface area (Å²) in [6.07, 6.45) is 6.72. The zero-order chi connectivity index (χ0) is 11.7. The summed E-state index contributed by atoms with van der Waals surface area (Å²) in [6, 6.07) is 4.93. The first kappa shape index (κ1) is 11.0. The highest BCUT2D eigenvalue weighted by molar-refractivity contribution is 7.15. The van der Waals surface area contributed by atoms with E-state index < -0.39 is 0 Å². The van der Waals surface area contributed by atoms with Crippen molar-refractivity contribution >= 4 is 11.3 Å². The van der Waals surface area contributed by atoms with E-state index >= 15 is 0 Å². The number of hydrogen-bond acceptors (Lipinski definition) is 3. The summed E-state index contributed by atoms with van der Waals surface area (Å²) in [6.45, 7) is 4.30. The lowest BCUT2D eigenvalue weighted by Crippen LogP contribution is -2.31. The molecule has 1 aliphatic heterocycles. The van der Waals surface area contributed by atoms with Gasteiger partial charge in [-0.25, -0.2) is 4.98 Å². The summed E-state index contributed by atoms with van der Waals surface area (Å²) < 4.78 is 2.40. The molecule has 0 aliphatic carbocycles. The number of rotatable bonds is 2. The number of piperidine rings is 1. The van der Waals surface area contributed by atoms with Gasteiger partial charge in [0.05, 0.1) is 15.6 Å². The number of nitrogens with one attached hydrogen (secondary N) is 1. The van der Waals surface area contributed by atoms with Gasteiger partial charge in [-0.1, -0.05) is 0 Å². The van der Waals surface area contributed by atoms with Crippen molar-refractivity contribution in [3.63, 3.8) is 0 Å². The fraction of sp³-hybridized carbons (Fsp3) is 0.462. The van der Waals surface area contributed by atoms with Crippen molar-refractivity contribution in [2.75, 3.05) is 13.1 Å². The molecule has 3 heterocycles. The second-order valence-corrected chi connectivity index (χ2v) is 5.78. The normalized spacial score (nSPS) is 20.6. The maximum absolute atomic E-state index is 4.35. The molecule has 4 heteroatoms. The largest absolute Gasteiger partial charge is 0.342 e. The minimum Gasteiger partial charge on any atom is -0.342 e. The van der Waals surface area contributed by atoms with Crippen LogP contribution in [0.5, 0.6) is 0 Å². The SMILES string of the molecule is Cc1ncc(-c2cccn2[C@@H]2CCCNC2)s1. The highest BCUT2D eigenvalue weighted by Gasteiger charge is 2.17. The van der Waals surface area contributed by atoms with Crippen molar-refractivity contribution in [3.05, 3.63) is 29.5 Å². The van der Waals surface area contributed by atoms with Gasteiger partial charge >= 0.3 is 0 Å². The van der Waals surface area contributed by atoms with E-state index in [4.69, 9.17) is 0 Å². The van der Waals surface area contributed by atoms with Gasteiger partial charge in [0.1, 0.15) is 0 Å². The monoisotopic (exact) mass is 247 g/mol. The lowest BCUT2D eigenvalue weighted by atomic mass is 10.1. The standard InChI is InChI=1S/C13H17N3S/c1-10-15-9-13(17-10)12-5-3-7-16(12)11-4-2-6-14-8-11/h3,5,7,9,11,14H,2,4,6,8H2,1H3/t11-/m1/s1. The Hall–Kier alpha value is -1.13. The lowest BCUT2D eigenvalue weighted by molar-refractivity contribution is 0.375. The molecule has 3 nitrogen and oxygen atoms in total. The van der Waals surface area contributed by atoms with Crippen molar-refractivity contribution in [3.8, 4) is 10.6 Å². The predicted octanol–water partition coefficient (Wildman–Crippen LogP) is 2.84. The topological polar surface area (TPSA) is 29.9 Å². The third-order valence-corrected chi connectivity index (χ3v) is 4.25. The molecule has 1 saturated heterocycles. The number of aromatic nitrogens is 2.